The second-order valence-corrected chi connectivity index (χ2v) is 7.88. The number of furan rings is 1. The summed E-state index contributed by atoms with van der Waals surface area (Å²) in [6.07, 6.45) is 2.02. The van der Waals surface area contributed by atoms with Crippen LogP contribution in [0, 0.1) is 5.82 Å². The third-order valence-electron chi connectivity index (χ3n) is 4.60. The predicted molar refractivity (Wildman–Crippen MR) is 107 cm³/mol. The zero-order valence-electron chi connectivity index (χ0n) is 15.7. The second kappa shape index (κ2) is 7.00. The van der Waals surface area contributed by atoms with Gasteiger partial charge in [0.1, 0.15) is 22.6 Å². The Labute approximate surface area is 165 Å². The van der Waals surface area contributed by atoms with E-state index in [0.29, 0.717) is 27.8 Å². The number of hydrogen-bond donors (Lipinski definition) is 3. The molecule has 0 saturated heterocycles. The number of thioether (sulfide) groups is 1. The molecular formula is C21H20FN3O2S. The normalized spacial score (nSPS) is 13.4. The van der Waals surface area contributed by atoms with Crippen LogP contribution in [0.1, 0.15) is 25.0 Å². The lowest BCUT2D eigenvalue weighted by Gasteiger charge is -2.21. The Hall–Kier alpha value is -2.77. The highest BCUT2D eigenvalue weighted by molar-refractivity contribution is 7.98. The fourth-order valence-electron chi connectivity index (χ4n) is 3.13. The van der Waals surface area contributed by atoms with Crippen LogP contribution < -0.4 is 21.7 Å². The first-order chi connectivity index (χ1) is 13.4. The van der Waals surface area contributed by atoms with Gasteiger partial charge in [0.25, 0.3) is 0 Å². The number of halogens is 1. The van der Waals surface area contributed by atoms with Crippen LogP contribution in [0.5, 0.6) is 0 Å². The molecule has 0 bridgehead atoms. The van der Waals surface area contributed by atoms with Gasteiger partial charge in [-0.15, -0.1) is 11.8 Å². The monoisotopic (exact) mass is 397 g/mol. The molecule has 2 aromatic carbocycles. The highest BCUT2D eigenvalue weighted by atomic mass is 32.2. The maximum absolute atomic E-state index is 15.1. The zero-order valence-corrected chi connectivity index (χ0v) is 16.5. The lowest BCUT2D eigenvalue weighted by molar-refractivity contribution is 0.0745. The minimum Gasteiger partial charge on any atom is -0.452 e. The molecule has 0 aliphatic carbocycles. The quantitative estimate of drug-likeness (QED) is 0.591. The summed E-state index contributed by atoms with van der Waals surface area (Å²) < 4.78 is 21.2. The van der Waals surface area contributed by atoms with Crippen molar-refractivity contribution in [1.82, 2.24) is 11.0 Å². The van der Waals surface area contributed by atoms with Crippen molar-refractivity contribution in [1.29, 1.82) is 0 Å². The molecule has 0 atom stereocenters. The number of nitrogens with zero attached hydrogens (tertiary/aromatic N) is 1. The number of rotatable bonds is 4. The van der Waals surface area contributed by atoms with Gasteiger partial charge in [-0.05, 0) is 38.3 Å². The van der Waals surface area contributed by atoms with Gasteiger partial charge in [0.05, 0.1) is 5.60 Å². The minimum absolute atomic E-state index is 0.211. The Morgan fingerprint density at radius 3 is 2.57 bits per heavy atom. The van der Waals surface area contributed by atoms with E-state index in [9.17, 15) is 5.11 Å². The fourth-order valence-corrected chi connectivity index (χ4v) is 3.54. The van der Waals surface area contributed by atoms with Gasteiger partial charge in [-0.1, -0.05) is 24.3 Å². The van der Waals surface area contributed by atoms with Crippen LogP contribution in [0.2, 0.25) is 0 Å². The topological polar surface area (TPSA) is 69.8 Å². The van der Waals surface area contributed by atoms with E-state index >= 15 is 4.39 Å². The first-order valence-corrected chi connectivity index (χ1v) is 10.00. The lowest BCUT2D eigenvalue weighted by atomic mass is 9.94. The van der Waals surface area contributed by atoms with Crippen molar-refractivity contribution in [2.24, 2.45) is 5.10 Å². The standard InChI is InChI=1S/C21H20FN3O2S/c1-21(2,26)15-6-4-5-14(18(15)22)19-20-16(23-25-24-19)11-17(27-20)12-7-9-13(28-3)10-8-12/h4-11,24-26H,1-3H3. The van der Waals surface area contributed by atoms with Crippen molar-refractivity contribution < 1.29 is 13.9 Å². The Morgan fingerprint density at radius 2 is 1.89 bits per heavy atom. The van der Waals surface area contributed by atoms with Crippen LogP contribution in [0.25, 0.3) is 17.0 Å². The number of benzene rings is 2. The van der Waals surface area contributed by atoms with Crippen LogP contribution in [0.3, 0.4) is 0 Å². The molecule has 1 aliphatic heterocycles. The van der Waals surface area contributed by atoms with E-state index in [1.54, 1.807) is 43.8 Å². The molecule has 0 radical (unpaired) electrons. The summed E-state index contributed by atoms with van der Waals surface area (Å²) in [6, 6.07) is 14.7. The summed E-state index contributed by atoms with van der Waals surface area (Å²) in [4.78, 5) is 1.16. The molecule has 28 heavy (non-hydrogen) atoms. The molecule has 0 amide bonds. The molecule has 0 spiro atoms. The van der Waals surface area contributed by atoms with Crippen molar-refractivity contribution in [3.63, 3.8) is 0 Å². The molecule has 2 heterocycles. The maximum atomic E-state index is 15.1. The summed E-state index contributed by atoms with van der Waals surface area (Å²) in [5, 5.41) is 15.0. The van der Waals surface area contributed by atoms with Crippen molar-refractivity contribution >= 4 is 17.5 Å². The van der Waals surface area contributed by atoms with Crippen LogP contribution in [0.4, 0.5) is 4.39 Å². The molecule has 0 fully saturated rings. The number of hydrogen-bond acceptors (Lipinski definition) is 6. The number of aliphatic hydroxyl groups is 1. The van der Waals surface area contributed by atoms with Crippen LogP contribution in [-0.4, -0.2) is 11.4 Å². The predicted octanol–water partition coefficient (Wildman–Crippen LogP) is 2.83. The molecule has 4 rings (SSSR count). The highest BCUT2D eigenvalue weighted by Gasteiger charge is 2.25. The van der Waals surface area contributed by atoms with Crippen LogP contribution in [-0.2, 0) is 5.60 Å². The zero-order chi connectivity index (χ0) is 19.9. The molecule has 3 N–H and O–H groups in total. The van der Waals surface area contributed by atoms with E-state index in [1.165, 1.54) is 0 Å². The van der Waals surface area contributed by atoms with Gasteiger partial charge in [-0.2, -0.15) is 5.10 Å². The first-order valence-electron chi connectivity index (χ1n) is 8.77. The van der Waals surface area contributed by atoms with Gasteiger partial charge >= 0.3 is 0 Å². The van der Waals surface area contributed by atoms with Gasteiger partial charge in [0.15, 0.2) is 5.42 Å². The second-order valence-electron chi connectivity index (χ2n) is 7.00. The summed E-state index contributed by atoms with van der Waals surface area (Å²) in [5.41, 5.74) is 6.56. The van der Waals surface area contributed by atoms with Gasteiger partial charge in [-0.3, -0.25) is 5.43 Å². The van der Waals surface area contributed by atoms with Gasteiger partial charge < -0.3 is 9.52 Å². The average molecular weight is 397 g/mol. The van der Waals surface area contributed by atoms with E-state index < -0.39 is 11.4 Å². The Kier molecular flexibility index (Phi) is 4.64. The van der Waals surface area contributed by atoms with Gasteiger partial charge in [-0.25, -0.2) is 9.93 Å². The number of hydrazine groups is 1. The minimum atomic E-state index is -1.30. The molecular weight excluding hydrogens is 377 g/mol. The van der Waals surface area contributed by atoms with Crippen molar-refractivity contribution in [2.75, 3.05) is 6.26 Å². The van der Waals surface area contributed by atoms with Gasteiger partial charge in [0.2, 0.25) is 0 Å². The average Bonchev–Trinajstić information content (AvgIpc) is 3.12. The lowest BCUT2D eigenvalue weighted by Crippen LogP contribution is -2.42. The third-order valence-corrected chi connectivity index (χ3v) is 5.34. The molecule has 7 heteroatoms. The Balaban J connectivity index is 1.89. The van der Waals surface area contributed by atoms with E-state index in [-0.39, 0.29) is 5.56 Å². The summed E-state index contributed by atoms with van der Waals surface area (Å²) in [6.45, 7) is 3.10. The van der Waals surface area contributed by atoms with E-state index in [2.05, 4.69) is 16.1 Å². The SMILES string of the molecule is CSc1ccc(-c2cc3c(o2)=C(c2cccc(C(C)(C)O)c2F)NNN=3)cc1. The summed E-state index contributed by atoms with van der Waals surface area (Å²) in [5.74, 6) is 0.137. The highest BCUT2D eigenvalue weighted by Crippen LogP contribution is 2.27. The van der Waals surface area contributed by atoms with Crippen molar-refractivity contribution in [2.45, 2.75) is 24.3 Å². The summed E-state index contributed by atoms with van der Waals surface area (Å²) in [7, 11) is 0. The van der Waals surface area contributed by atoms with Crippen molar-refractivity contribution in [3.8, 4) is 11.3 Å². The van der Waals surface area contributed by atoms with Crippen LogP contribution in [0.15, 0.2) is 62.9 Å². The number of fused-ring (bicyclic) bond motifs is 1. The van der Waals surface area contributed by atoms with Crippen LogP contribution >= 0.6 is 11.8 Å². The maximum Gasteiger partial charge on any atom is 0.180 e. The molecule has 1 aromatic heterocycles. The van der Waals surface area contributed by atoms with E-state index in [0.717, 1.165) is 10.5 Å². The molecule has 1 aliphatic rings. The molecule has 144 valence electrons. The largest absolute Gasteiger partial charge is 0.452 e. The Morgan fingerprint density at radius 1 is 1.14 bits per heavy atom. The van der Waals surface area contributed by atoms with E-state index in [1.807, 2.05) is 36.6 Å². The first kappa shape index (κ1) is 18.6. The molecule has 3 aromatic rings. The smallest absolute Gasteiger partial charge is 0.180 e. The fraction of sp³-hybridized carbons (Fsp3) is 0.190. The molecule has 5 nitrogen and oxygen atoms in total. The van der Waals surface area contributed by atoms with E-state index in [4.69, 9.17) is 4.42 Å². The Bertz CT molecular complexity index is 1150. The third kappa shape index (κ3) is 3.27. The summed E-state index contributed by atoms with van der Waals surface area (Å²) >= 11 is 1.67. The number of nitrogens with one attached hydrogen (secondary N) is 2. The molecule has 0 saturated carbocycles. The van der Waals surface area contributed by atoms with Gasteiger partial charge in [0, 0.05) is 27.7 Å². The molecule has 0 unspecified atom stereocenters. The van der Waals surface area contributed by atoms with Crippen molar-refractivity contribution in [3.05, 3.63) is 76.2 Å².